The molecule has 3 aromatic rings. The van der Waals surface area contributed by atoms with E-state index in [1.165, 1.54) is 11.1 Å². The summed E-state index contributed by atoms with van der Waals surface area (Å²) in [6.45, 7) is 0. The van der Waals surface area contributed by atoms with Crippen molar-refractivity contribution < 1.29 is 4.79 Å². The Balaban J connectivity index is 1.64. The highest BCUT2D eigenvalue weighted by Crippen LogP contribution is 2.59. The van der Waals surface area contributed by atoms with Crippen molar-refractivity contribution in [3.8, 4) is 0 Å². The fourth-order valence-electron chi connectivity index (χ4n) is 3.66. The monoisotopic (exact) mass is 381 g/mol. The molecule has 130 valence electrons. The Hall–Kier alpha value is -2.29. The molecule has 1 saturated carbocycles. The van der Waals surface area contributed by atoms with Gasteiger partial charge in [0.2, 0.25) is 5.91 Å². The minimum absolute atomic E-state index is 0.00362. The normalized spacial score (nSPS) is 17.5. The van der Waals surface area contributed by atoms with Gasteiger partial charge in [0.05, 0.1) is 16.0 Å². The molecule has 1 amide bonds. The van der Waals surface area contributed by atoms with Crippen molar-refractivity contribution in [1.29, 1.82) is 0 Å². The summed E-state index contributed by atoms with van der Waals surface area (Å²) in [5.74, 6) is -0.127. The molecule has 0 saturated heterocycles. The van der Waals surface area contributed by atoms with E-state index >= 15 is 0 Å². The van der Waals surface area contributed by atoms with Crippen LogP contribution in [0.15, 0.2) is 78.9 Å². The van der Waals surface area contributed by atoms with Gasteiger partial charge in [-0.1, -0.05) is 83.9 Å². The number of hydrogen-bond acceptors (Lipinski definition) is 1. The summed E-state index contributed by atoms with van der Waals surface area (Å²) in [6, 6.07) is 25.6. The van der Waals surface area contributed by atoms with Gasteiger partial charge in [-0.3, -0.25) is 4.79 Å². The maximum absolute atomic E-state index is 12.9. The van der Waals surface area contributed by atoms with Crippen LogP contribution in [0.5, 0.6) is 0 Å². The molecule has 26 heavy (non-hydrogen) atoms. The fourth-order valence-corrected chi connectivity index (χ4v) is 3.96. The van der Waals surface area contributed by atoms with Gasteiger partial charge in [0, 0.05) is 11.1 Å². The first-order valence-electron chi connectivity index (χ1n) is 8.48. The Kier molecular flexibility index (Phi) is 4.47. The molecule has 0 radical (unpaired) electrons. The SMILES string of the molecule is O=C(Nc1ccc(Cl)c(Cl)c1)C1CC1(c1ccccc1)c1ccccc1. The number of nitrogens with one attached hydrogen (secondary N) is 1. The Morgan fingerprint density at radius 2 is 1.42 bits per heavy atom. The number of anilines is 1. The fraction of sp³-hybridized carbons (Fsp3) is 0.136. The molecule has 0 aromatic heterocycles. The van der Waals surface area contributed by atoms with Gasteiger partial charge in [0.15, 0.2) is 0 Å². The summed E-state index contributed by atoms with van der Waals surface area (Å²) in [6.07, 6.45) is 0.786. The van der Waals surface area contributed by atoms with Gasteiger partial charge >= 0.3 is 0 Å². The van der Waals surface area contributed by atoms with Crippen LogP contribution in [-0.4, -0.2) is 5.91 Å². The average Bonchev–Trinajstić information content (AvgIpc) is 3.43. The highest BCUT2D eigenvalue weighted by Gasteiger charge is 2.60. The molecule has 0 spiro atoms. The zero-order valence-corrected chi connectivity index (χ0v) is 15.5. The lowest BCUT2D eigenvalue weighted by Gasteiger charge is -2.19. The molecule has 0 bridgehead atoms. The summed E-state index contributed by atoms with van der Waals surface area (Å²) in [7, 11) is 0. The summed E-state index contributed by atoms with van der Waals surface area (Å²) < 4.78 is 0. The van der Waals surface area contributed by atoms with Gasteiger partial charge in [-0.2, -0.15) is 0 Å². The first-order valence-corrected chi connectivity index (χ1v) is 9.24. The number of hydrogen-bond donors (Lipinski definition) is 1. The van der Waals surface area contributed by atoms with Crippen LogP contribution in [0.1, 0.15) is 17.5 Å². The molecule has 1 aliphatic rings. The smallest absolute Gasteiger partial charge is 0.228 e. The standard InChI is InChI=1S/C22H17Cl2NO/c23-19-12-11-17(13-20(19)24)25-21(26)18-14-22(18,15-7-3-1-4-8-15)16-9-5-2-6-10-16/h1-13,18H,14H2,(H,25,26). The van der Waals surface area contributed by atoms with E-state index in [2.05, 4.69) is 29.6 Å². The molecule has 0 heterocycles. The van der Waals surface area contributed by atoms with E-state index in [0.29, 0.717) is 15.7 Å². The number of carbonyl (C=O) groups is 1. The second kappa shape index (κ2) is 6.79. The Morgan fingerprint density at radius 1 is 0.846 bits per heavy atom. The van der Waals surface area contributed by atoms with E-state index in [1.807, 2.05) is 36.4 Å². The molecule has 1 N–H and O–H groups in total. The lowest BCUT2D eigenvalue weighted by Crippen LogP contribution is -2.22. The highest BCUT2D eigenvalue weighted by molar-refractivity contribution is 6.42. The zero-order chi connectivity index (χ0) is 18.1. The third kappa shape index (κ3) is 3.00. The van der Waals surface area contributed by atoms with Crippen molar-refractivity contribution in [2.45, 2.75) is 11.8 Å². The van der Waals surface area contributed by atoms with Crippen LogP contribution in [0.3, 0.4) is 0 Å². The van der Waals surface area contributed by atoms with Gasteiger partial charge in [-0.05, 0) is 35.7 Å². The summed E-state index contributed by atoms with van der Waals surface area (Å²) in [5, 5.41) is 3.88. The minimum Gasteiger partial charge on any atom is -0.326 e. The van der Waals surface area contributed by atoms with Crippen LogP contribution in [0, 0.1) is 5.92 Å². The number of halogens is 2. The molecular weight excluding hydrogens is 365 g/mol. The molecule has 1 aliphatic carbocycles. The van der Waals surface area contributed by atoms with E-state index in [-0.39, 0.29) is 17.2 Å². The molecule has 1 atom stereocenters. The molecule has 2 nitrogen and oxygen atoms in total. The van der Waals surface area contributed by atoms with E-state index in [9.17, 15) is 4.79 Å². The Bertz CT molecular complexity index is 901. The van der Waals surface area contributed by atoms with Gasteiger partial charge in [0.1, 0.15) is 0 Å². The van der Waals surface area contributed by atoms with Crippen molar-refractivity contribution in [2.75, 3.05) is 5.32 Å². The lowest BCUT2D eigenvalue weighted by atomic mass is 9.85. The van der Waals surface area contributed by atoms with Gasteiger partial charge in [-0.15, -0.1) is 0 Å². The van der Waals surface area contributed by atoms with Crippen LogP contribution in [0.2, 0.25) is 10.0 Å². The van der Waals surface area contributed by atoms with Crippen LogP contribution in [0.4, 0.5) is 5.69 Å². The van der Waals surface area contributed by atoms with Crippen molar-refractivity contribution in [3.63, 3.8) is 0 Å². The molecule has 0 aliphatic heterocycles. The van der Waals surface area contributed by atoms with Crippen LogP contribution in [-0.2, 0) is 10.2 Å². The molecule has 1 fully saturated rings. The highest BCUT2D eigenvalue weighted by atomic mass is 35.5. The maximum Gasteiger partial charge on any atom is 0.228 e. The van der Waals surface area contributed by atoms with E-state index < -0.39 is 0 Å². The van der Waals surface area contributed by atoms with E-state index in [1.54, 1.807) is 18.2 Å². The van der Waals surface area contributed by atoms with Gasteiger partial charge in [-0.25, -0.2) is 0 Å². The Morgan fingerprint density at radius 3 is 1.96 bits per heavy atom. The summed E-state index contributed by atoms with van der Waals surface area (Å²) in [4.78, 5) is 12.9. The Labute approximate surface area is 162 Å². The predicted octanol–water partition coefficient (Wildman–Crippen LogP) is 5.94. The van der Waals surface area contributed by atoms with E-state index in [4.69, 9.17) is 23.2 Å². The first kappa shape index (κ1) is 17.1. The van der Waals surface area contributed by atoms with Crippen molar-refractivity contribution in [1.82, 2.24) is 0 Å². The largest absolute Gasteiger partial charge is 0.326 e. The lowest BCUT2D eigenvalue weighted by molar-refractivity contribution is -0.117. The van der Waals surface area contributed by atoms with Gasteiger partial charge < -0.3 is 5.32 Å². The predicted molar refractivity (Wildman–Crippen MR) is 107 cm³/mol. The zero-order valence-electron chi connectivity index (χ0n) is 14.0. The number of amides is 1. The second-order valence-electron chi connectivity index (χ2n) is 6.58. The van der Waals surface area contributed by atoms with Crippen molar-refractivity contribution >= 4 is 34.8 Å². The maximum atomic E-state index is 12.9. The van der Waals surface area contributed by atoms with Crippen LogP contribution < -0.4 is 5.32 Å². The third-order valence-corrected chi connectivity index (χ3v) is 5.78. The third-order valence-electron chi connectivity index (χ3n) is 5.04. The van der Waals surface area contributed by atoms with Crippen molar-refractivity contribution in [2.24, 2.45) is 5.92 Å². The molecule has 3 aromatic carbocycles. The topological polar surface area (TPSA) is 29.1 Å². The molecular formula is C22H17Cl2NO. The number of rotatable bonds is 4. The molecule has 4 rings (SSSR count). The quantitative estimate of drug-likeness (QED) is 0.595. The molecule has 1 unspecified atom stereocenters. The first-order chi connectivity index (χ1) is 12.6. The number of benzene rings is 3. The number of carbonyl (C=O) groups excluding carboxylic acids is 1. The van der Waals surface area contributed by atoms with Crippen molar-refractivity contribution in [3.05, 3.63) is 100 Å². The minimum atomic E-state index is -0.275. The average molecular weight is 382 g/mol. The van der Waals surface area contributed by atoms with Gasteiger partial charge in [0.25, 0.3) is 0 Å². The summed E-state index contributed by atoms with van der Waals surface area (Å²) >= 11 is 12.0. The van der Waals surface area contributed by atoms with Crippen LogP contribution in [0.25, 0.3) is 0 Å². The van der Waals surface area contributed by atoms with Crippen LogP contribution >= 0.6 is 23.2 Å². The van der Waals surface area contributed by atoms with E-state index in [0.717, 1.165) is 6.42 Å². The molecule has 4 heteroatoms. The summed E-state index contributed by atoms with van der Waals surface area (Å²) in [5.41, 5.74) is 2.72. The second-order valence-corrected chi connectivity index (χ2v) is 7.39.